The van der Waals surface area contributed by atoms with Gasteiger partial charge in [-0.1, -0.05) is 29.5 Å². The Morgan fingerprint density at radius 2 is 2.12 bits per heavy atom. The second-order valence-corrected chi connectivity index (χ2v) is 4.96. The summed E-state index contributed by atoms with van der Waals surface area (Å²) in [7, 11) is 0. The molecule has 0 spiro atoms. The van der Waals surface area contributed by atoms with E-state index >= 15 is 0 Å². The van der Waals surface area contributed by atoms with Gasteiger partial charge in [-0.05, 0) is 35.3 Å². The molecule has 0 fully saturated rings. The Kier molecular flexibility index (Phi) is 4.01. The number of nitrogens with zero attached hydrogens (tertiary/aromatic N) is 6. The first-order valence-electron chi connectivity index (χ1n) is 6.97. The molecule has 24 heavy (non-hydrogen) atoms. The average molecular weight is 326 g/mol. The quantitative estimate of drug-likeness (QED) is 0.529. The van der Waals surface area contributed by atoms with Gasteiger partial charge in [0.2, 0.25) is 11.6 Å². The zero-order valence-corrected chi connectivity index (χ0v) is 13.0. The molecule has 2 aromatic heterocycles. The summed E-state index contributed by atoms with van der Waals surface area (Å²) in [6, 6.07) is 7.66. The molecule has 0 aliphatic carbocycles. The number of aryl methyl sites for hydroxylation is 2. The molecule has 3 rings (SSSR count). The molecule has 122 valence electrons. The van der Waals surface area contributed by atoms with Crippen LogP contribution in [0.15, 0.2) is 34.0 Å². The van der Waals surface area contributed by atoms with E-state index < -0.39 is 5.91 Å². The summed E-state index contributed by atoms with van der Waals surface area (Å²) >= 11 is 0. The van der Waals surface area contributed by atoms with Crippen LogP contribution in [0, 0.1) is 13.8 Å². The van der Waals surface area contributed by atoms with Crippen molar-refractivity contribution in [3.05, 3.63) is 46.8 Å². The summed E-state index contributed by atoms with van der Waals surface area (Å²) < 4.78 is 5.67. The number of hydrazone groups is 1. The molecule has 3 aromatic rings. The van der Waals surface area contributed by atoms with E-state index in [-0.39, 0.29) is 17.3 Å². The summed E-state index contributed by atoms with van der Waals surface area (Å²) in [6.07, 6.45) is 1.56. The Hall–Kier alpha value is -3.56. The lowest BCUT2D eigenvalue weighted by atomic mass is 10.1. The van der Waals surface area contributed by atoms with E-state index in [2.05, 4.69) is 35.8 Å². The van der Waals surface area contributed by atoms with Gasteiger partial charge in [0.15, 0.2) is 5.69 Å². The lowest BCUT2D eigenvalue weighted by Crippen LogP contribution is -2.22. The van der Waals surface area contributed by atoms with Gasteiger partial charge in [-0.2, -0.15) is 9.78 Å². The van der Waals surface area contributed by atoms with Crippen LogP contribution < -0.4 is 11.2 Å². The number of aromatic nitrogens is 5. The lowest BCUT2D eigenvalue weighted by molar-refractivity contribution is 0.0946. The molecule has 0 saturated heterocycles. The predicted molar refractivity (Wildman–Crippen MR) is 84.6 cm³/mol. The number of rotatable bonds is 4. The van der Waals surface area contributed by atoms with Crippen molar-refractivity contribution in [2.75, 3.05) is 5.73 Å². The maximum absolute atomic E-state index is 12.4. The summed E-state index contributed by atoms with van der Waals surface area (Å²) in [6.45, 7) is 3.58. The van der Waals surface area contributed by atoms with Gasteiger partial charge < -0.3 is 5.73 Å². The lowest BCUT2D eigenvalue weighted by Gasteiger charge is -2.03. The fraction of sp³-hybridized carbons (Fsp3) is 0.143. The third kappa shape index (κ3) is 2.84. The van der Waals surface area contributed by atoms with Crippen molar-refractivity contribution in [3.63, 3.8) is 0 Å². The van der Waals surface area contributed by atoms with Crippen molar-refractivity contribution in [1.29, 1.82) is 0 Å². The van der Waals surface area contributed by atoms with Crippen molar-refractivity contribution in [3.8, 4) is 5.82 Å². The molecule has 2 heterocycles. The highest BCUT2D eigenvalue weighted by atomic mass is 16.6. The third-order valence-corrected chi connectivity index (χ3v) is 3.31. The molecular weight excluding hydrogens is 312 g/mol. The number of nitrogen functional groups attached to an aromatic ring is 1. The predicted octanol–water partition coefficient (Wildman–Crippen LogP) is 0.613. The molecule has 0 aliphatic heterocycles. The van der Waals surface area contributed by atoms with Crippen molar-refractivity contribution in [1.82, 2.24) is 30.7 Å². The minimum atomic E-state index is -0.510. The van der Waals surface area contributed by atoms with Crippen molar-refractivity contribution in [2.45, 2.75) is 13.8 Å². The fourth-order valence-electron chi connectivity index (χ4n) is 2.05. The molecule has 0 radical (unpaired) electrons. The van der Waals surface area contributed by atoms with Gasteiger partial charge in [-0.25, -0.2) is 10.1 Å². The summed E-state index contributed by atoms with van der Waals surface area (Å²) in [4.78, 5) is 12.4. The molecule has 10 nitrogen and oxygen atoms in total. The molecular formula is C14H14N8O2. The van der Waals surface area contributed by atoms with Gasteiger partial charge in [0.1, 0.15) is 0 Å². The number of hydrogen-bond donors (Lipinski definition) is 2. The number of carbonyl (C=O) groups excluding carboxylic acids is 1. The van der Waals surface area contributed by atoms with Crippen LogP contribution in [-0.2, 0) is 0 Å². The van der Waals surface area contributed by atoms with Crippen LogP contribution in [0.5, 0.6) is 0 Å². The Bertz CT molecular complexity index is 911. The maximum Gasteiger partial charge on any atom is 0.292 e. The van der Waals surface area contributed by atoms with Crippen molar-refractivity contribution < 1.29 is 9.42 Å². The number of benzene rings is 1. The van der Waals surface area contributed by atoms with Gasteiger partial charge in [0.05, 0.1) is 11.9 Å². The average Bonchev–Trinajstić information content (AvgIpc) is 3.14. The highest BCUT2D eigenvalue weighted by Crippen LogP contribution is 2.14. The highest BCUT2D eigenvalue weighted by Gasteiger charge is 2.22. The first-order valence-corrected chi connectivity index (χ1v) is 6.97. The van der Waals surface area contributed by atoms with Crippen molar-refractivity contribution in [2.24, 2.45) is 5.10 Å². The molecule has 0 aliphatic rings. The molecule has 0 bridgehead atoms. The van der Waals surface area contributed by atoms with Crippen LogP contribution in [0.25, 0.3) is 5.82 Å². The number of hydrogen-bond acceptors (Lipinski definition) is 8. The first-order chi connectivity index (χ1) is 11.6. The van der Waals surface area contributed by atoms with E-state index in [9.17, 15) is 4.79 Å². The second-order valence-electron chi connectivity index (χ2n) is 4.96. The first kappa shape index (κ1) is 15.3. The zero-order chi connectivity index (χ0) is 17.1. The van der Waals surface area contributed by atoms with E-state index in [1.807, 2.05) is 31.2 Å². The van der Waals surface area contributed by atoms with Crippen LogP contribution >= 0.6 is 0 Å². The Morgan fingerprint density at radius 1 is 1.33 bits per heavy atom. The van der Waals surface area contributed by atoms with Gasteiger partial charge in [-0.3, -0.25) is 4.79 Å². The van der Waals surface area contributed by atoms with Crippen LogP contribution in [0.3, 0.4) is 0 Å². The summed E-state index contributed by atoms with van der Waals surface area (Å²) in [5, 5.41) is 18.7. The minimum Gasteiger partial charge on any atom is -0.378 e. The number of nitrogens with one attached hydrogen (secondary N) is 1. The normalized spacial score (nSPS) is 11.1. The monoisotopic (exact) mass is 326 g/mol. The fourth-order valence-corrected chi connectivity index (χ4v) is 2.05. The molecule has 0 unspecified atom stereocenters. The van der Waals surface area contributed by atoms with E-state index in [4.69, 9.17) is 5.73 Å². The van der Waals surface area contributed by atoms with Gasteiger partial charge in [-0.15, -0.1) is 5.10 Å². The molecule has 0 atom stereocenters. The zero-order valence-electron chi connectivity index (χ0n) is 13.0. The number of nitrogens with two attached hydrogens (primary N) is 1. The van der Waals surface area contributed by atoms with E-state index in [1.54, 1.807) is 13.1 Å². The third-order valence-electron chi connectivity index (χ3n) is 3.31. The largest absolute Gasteiger partial charge is 0.378 e. The number of amides is 1. The second kappa shape index (κ2) is 6.28. The Labute approximate surface area is 136 Å². The van der Waals surface area contributed by atoms with E-state index in [0.717, 1.165) is 15.8 Å². The molecule has 3 N–H and O–H groups in total. The minimum absolute atomic E-state index is 0.00244. The van der Waals surface area contributed by atoms with Crippen LogP contribution in [0.1, 0.15) is 27.3 Å². The van der Waals surface area contributed by atoms with Crippen LogP contribution in [0.2, 0.25) is 0 Å². The maximum atomic E-state index is 12.4. The van der Waals surface area contributed by atoms with Crippen LogP contribution in [-0.4, -0.2) is 37.4 Å². The highest BCUT2D eigenvalue weighted by molar-refractivity contribution is 5.95. The smallest absolute Gasteiger partial charge is 0.292 e. The SMILES string of the molecule is Cc1ccccc1/C=N/NC(=O)c1c(C)nnn1-c1nonc1N. The van der Waals surface area contributed by atoms with Gasteiger partial charge >= 0.3 is 0 Å². The molecule has 1 aromatic carbocycles. The molecule has 0 saturated carbocycles. The summed E-state index contributed by atoms with van der Waals surface area (Å²) in [5.41, 5.74) is 10.5. The summed E-state index contributed by atoms with van der Waals surface area (Å²) in [5.74, 6) is -0.425. The van der Waals surface area contributed by atoms with Gasteiger partial charge in [0.25, 0.3) is 5.91 Å². The molecule has 10 heteroatoms. The Balaban J connectivity index is 1.83. The number of anilines is 1. The van der Waals surface area contributed by atoms with Crippen LogP contribution in [0.4, 0.5) is 5.82 Å². The Morgan fingerprint density at radius 3 is 2.83 bits per heavy atom. The van der Waals surface area contributed by atoms with E-state index in [1.165, 1.54) is 0 Å². The van der Waals surface area contributed by atoms with Gasteiger partial charge in [0, 0.05) is 0 Å². The van der Waals surface area contributed by atoms with E-state index in [0.29, 0.717) is 5.69 Å². The topological polar surface area (TPSA) is 137 Å². The number of carbonyl (C=O) groups is 1. The van der Waals surface area contributed by atoms with Crippen molar-refractivity contribution >= 4 is 17.9 Å². The standard InChI is InChI=1S/C14H14N8O2/c1-8-5-3-4-6-10(8)7-16-18-14(23)11-9(2)17-21-22(11)13-12(15)19-24-20-13/h3-7H,1-2H3,(H2,15,19)(H,18,23)/b16-7+. The molecule has 1 amide bonds.